The molecular formula is C26H35N3O2. The van der Waals surface area contributed by atoms with Crippen LogP contribution >= 0.6 is 0 Å². The lowest BCUT2D eigenvalue weighted by molar-refractivity contribution is -0.121. The first kappa shape index (κ1) is 22.9. The van der Waals surface area contributed by atoms with Gasteiger partial charge >= 0.3 is 0 Å². The van der Waals surface area contributed by atoms with Crippen LogP contribution in [0.3, 0.4) is 0 Å². The van der Waals surface area contributed by atoms with Crippen molar-refractivity contribution in [1.82, 2.24) is 10.6 Å². The molecule has 2 aromatic carbocycles. The molecule has 3 rings (SSSR count). The van der Waals surface area contributed by atoms with E-state index in [-0.39, 0.29) is 17.9 Å². The van der Waals surface area contributed by atoms with Gasteiger partial charge in [-0.2, -0.15) is 0 Å². The Morgan fingerprint density at radius 3 is 2.42 bits per heavy atom. The van der Waals surface area contributed by atoms with Gasteiger partial charge in [0.1, 0.15) is 0 Å². The molecule has 5 heteroatoms. The first-order chi connectivity index (χ1) is 15.1. The fraction of sp³-hybridized carbons (Fsp3) is 0.462. The zero-order valence-electron chi connectivity index (χ0n) is 18.8. The molecule has 1 unspecified atom stereocenters. The van der Waals surface area contributed by atoms with Crippen LogP contribution in [0.1, 0.15) is 55.5 Å². The van der Waals surface area contributed by atoms with Crippen LogP contribution in [-0.4, -0.2) is 37.5 Å². The summed E-state index contributed by atoms with van der Waals surface area (Å²) in [5, 5.41) is 6.26. The summed E-state index contributed by atoms with van der Waals surface area (Å²) in [6, 6.07) is 18.1. The third-order valence-electron chi connectivity index (χ3n) is 6.14. The normalized spacial score (nSPS) is 15.4. The van der Waals surface area contributed by atoms with Crippen LogP contribution in [0.25, 0.3) is 0 Å². The van der Waals surface area contributed by atoms with Crippen molar-refractivity contribution >= 4 is 17.5 Å². The van der Waals surface area contributed by atoms with Crippen LogP contribution in [0.2, 0.25) is 0 Å². The van der Waals surface area contributed by atoms with Crippen molar-refractivity contribution in [3.05, 3.63) is 65.7 Å². The first-order valence-electron chi connectivity index (χ1n) is 11.5. The monoisotopic (exact) mass is 421 g/mol. The number of benzene rings is 2. The predicted octanol–water partition coefficient (Wildman–Crippen LogP) is 4.18. The molecule has 0 spiro atoms. The summed E-state index contributed by atoms with van der Waals surface area (Å²) < 4.78 is 0. The molecular weight excluding hydrogens is 386 g/mol. The van der Waals surface area contributed by atoms with Crippen molar-refractivity contribution < 1.29 is 9.59 Å². The van der Waals surface area contributed by atoms with Crippen LogP contribution in [0.4, 0.5) is 5.69 Å². The minimum Gasteiger partial charge on any atom is -0.371 e. The molecule has 1 saturated heterocycles. The number of nitrogens with zero attached hydrogens (tertiary/aromatic N) is 1. The molecule has 166 valence electrons. The Bertz CT molecular complexity index is 845. The van der Waals surface area contributed by atoms with E-state index in [1.54, 1.807) is 0 Å². The number of hydrogen-bond donors (Lipinski definition) is 2. The highest BCUT2D eigenvalue weighted by Gasteiger charge is 2.23. The lowest BCUT2D eigenvalue weighted by Crippen LogP contribution is -2.45. The second-order valence-corrected chi connectivity index (χ2v) is 8.56. The third kappa shape index (κ3) is 6.84. The lowest BCUT2D eigenvalue weighted by atomic mass is 10.0. The smallest absolute Gasteiger partial charge is 0.253 e. The minimum absolute atomic E-state index is 0.00719. The predicted molar refractivity (Wildman–Crippen MR) is 126 cm³/mol. The van der Waals surface area contributed by atoms with Gasteiger partial charge < -0.3 is 15.5 Å². The Morgan fingerprint density at radius 1 is 1.03 bits per heavy atom. The molecule has 1 aliphatic rings. The van der Waals surface area contributed by atoms with Gasteiger partial charge in [0.2, 0.25) is 5.91 Å². The quantitative estimate of drug-likeness (QED) is 0.639. The second-order valence-electron chi connectivity index (χ2n) is 8.56. The van der Waals surface area contributed by atoms with E-state index in [9.17, 15) is 9.59 Å². The topological polar surface area (TPSA) is 61.4 Å². The number of nitrogens with one attached hydrogen (secondary N) is 2. The number of carbonyl (C=O) groups excluding carboxylic acids is 2. The summed E-state index contributed by atoms with van der Waals surface area (Å²) in [6.07, 6.45) is 4.11. The number of hydrogen-bond acceptors (Lipinski definition) is 3. The van der Waals surface area contributed by atoms with E-state index in [0.29, 0.717) is 18.9 Å². The zero-order chi connectivity index (χ0) is 22.1. The minimum atomic E-state index is -0.00719. The van der Waals surface area contributed by atoms with Crippen LogP contribution in [0.5, 0.6) is 0 Å². The summed E-state index contributed by atoms with van der Waals surface area (Å²) in [7, 11) is 0. The van der Waals surface area contributed by atoms with Crippen molar-refractivity contribution in [3.8, 4) is 0 Å². The molecule has 1 heterocycles. The van der Waals surface area contributed by atoms with E-state index in [1.807, 2.05) is 42.5 Å². The van der Waals surface area contributed by atoms with Crippen molar-refractivity contribution in [1.29, 1.82) is 0 Å². The molecule has 5 nitrogen and oxygen atoms in total. The van der Waals surface area contributed by atoms with E-state index in [0.717, 1.165) is 50.0 Å². The molecule has 1 fully saturated rings. The van der Waals surface area contributed by atoms with Crippen LogP contribution in [0.15, 0.2) is 54.6 Å². The summed E-state index contributed by atoms with van der Waals surface area (Å²) in [5.41, 5.74) is 2.91. The molecule has 0 aromatic heterocycles. The van der Waals surface area contributed by atoms with Crippen LogP contribution in [-0.2, 0) is 11.2 Å². The Balaban J connectivity index is 1.49. The van der Waals surface area contributed by atoms with Gasteiger partial charge in [0.25, 0.3) is 5.91 Å². The second kappa shape index (κ2) is 11.5. The van der Waals surface area contributed by atoms with Gasteiger partial charge in [-0.3, -0.25) is 9.59 Å². The number of carbonyl (C=O) groups is 2. The number of para-hydroxylation sites is 1. The molecule has 0 radical (unpaired) electrons. The Hall–Kier alpha value is -2.82. The molecule has 2 aromatic rings. The zero-order valence-corrected chi connectivity index (χ0v) is 18.8. The van der Waals surface area contributed by atoms with Crippen molar-refractivity contribution in [3.63, 3.8) is 0 Å². The van der Waals surface area contributed by atoms with Gasteiger partial charge in [0.15, 0.2) is 0 Å². The van der Waals surface area contributed by atoms with Crippen LogP contribution < -0.4 is 15.5 Å². The SMILES string of the molecule is CCC(C)CNC(=O)c1ccccc1N1CCC(NC(=O)CCc2ccccc2)CC1. The lowest BCUT2D eigenvalue weighted by Gasteiger charge is -2.35. The third-order valence-corrected chi connectivity index (χ3v) is 6.14. The Morgan fingerprint density at radius 2 is 1.71 bits per heavy atom. The summed E-state index contributed by atoms with van der Waals surface area (Å²) >= 11 is 0. The maximum Gasteiger partial charge on any atom is 0.253 e. The summed E-state index contributed by atoms with van der Waals surface area (Å²) in [6.45, 7) is 6.64. The Kier molecular flexibility index (Phi) is 8.51. The molecule has 0 aliphatic carbocycles. The molecule has 0 bridgehead atoms. The highest BCUT2D eigenvalue weighted by atomic mass is 16.2. The number of rotatable bonds is 9. The molecule has 31 heavy (non-hydrogen) atoms. The highest BCUT2D eigenvalue weighted by Crippen LogP contribution is 2.24. The number of aryl methyl sites for hydroxylation is 1. The molecule has 1 atom stereocenters. The average molecular weight is 422 g/mol. The fourth-order valence-corrected chi connectivity index (χ4v) is 3.92. The molecule has 2 amide bonds. The van der Waals surface area contributed by atoms with E-state index in [2.05, 4.69) is 41.5 Å². The first-order valence-corrected chi connectivity index (χ1v) is 11.5. The number of piperidine rings is 1. The standard InChI is InChI=1S/C26H35N3O2/c1-3-20(2)19-27-26(31)23-11-7-8-12-24(23)29-17-15-22(16-18-29)28-25(30)14-13-21-9-5-4-6-10-21/h4-12,20,22H,3,13-19H2,1-2H3,(H,27,31)(H,28,30). The summed E-state index contributed by atoms with van der Waals surface area (Å²) in [4.78, 5) is 27.4. The van der Waals surface area contributed by atoms with Gasteiger partial charge in [0, 0.05) is 37.8 Å². The van der Waals surface area contributed by atoms with Gasteiger partial charge in [-0.05, 0) is 42.9 Å². The summed E-state index contributed by atoms with van der Waals surface area (Å²) in [5.74, 6) is 0.580. The Labute approximate surface area is 186 Å². The molecule has 1 aliphatic heterocycles. The van der Waals surface area contributed by atoms with Crippen LogP contribution in [0, 0.1) is 5.92 Å². The van der Waals surface area contributed by atoms with Gasteiger partial charge in [-0.15, -0.1) is 0 Å². The molecule has 2 N–H and O–H groups in total. The van der Waals surface area contributed by atoms with Gasteiger partial charge in [-0.25, -0.2) is 0 Å². The average Bonchev–Trinajstić information content (AvgIpc) is 2.82. The number of anilines is 1. The van der Waals surface area contributed by atoms with Crippen molar-refractivity contribution in [2.24, 2.45) is 5.92 Å². The van der Waals surface area contributed by atoms with Crippen molar-refractivity contribution in [2.75, 3.05) is 24.5 Å². The fourth-order valence-electron chi connectivity index (χ4n) is 3.92. The van der Waals surface area contributed by atoms with E-state index in [4.69, 9.17) is 0 Å². The van der Waals surface area contributed by atoms with Crippen molar-refractivity contribution in [2.45, 2.75) is 52.0 Å². The van der Waals surface area contributed by atoms with E-state index in [1.165, 1.54) is 5.56 Å². The van der Waals surface area contributed by atoms with E-state index >= 15 is 0 Å². The van der Waals surface area contributed by atoms with Gasteiger partial charge in [-0.1, -0.05) is 62.7 Å². The maximum atomic E-state index is 12.7. The molecule has 0 saturated carbocycles. The number of amides is 2. The van der Waals surface area contributed by atoms with E-state index < -0.39 is 0 Å². The highest BCUT2D eigenvalue weighted by molar-refractivity contribution is 5.99. The largest absolute Gasteiger partial charge is 0.371 e. The maximum absolute atomic E-state index is 12.7. The van der Waals surface area contributed by atoms with Gasteiger partial charge in [0.05, 0.1) is 5.56 Å².